The molecule has 1 saturated carbocycles. The molecule has 1 N–H and O–H groups in total. The average molecular weight is 243 g/mol. The molecule has 92 valence electrons. The number of aromatic nitrogens is 1. The lowest BCUT2D eigenvalue weighted by Gasteiger charge is -2.36. The van der Waals surface area contributed by atoms with E-state index in [1.165, 1.54) is 0 Å². The molecule has 4 nitrogen and oxygen atoms in total. The molecular weight excluding hydrogens is 230 g/mol. The Kier molecular flexibility index (Phi) is 2.11. The predicted molar refractivity (Wildman–Crippen MR) is 66.5 cm³/mol. The summed E-state index contributed by atoms with van der Waals surface area (Å²) < 4.78 is 1.88. The van der Waals surface area contributed by atoms with Crippen molar-refractivity contribution < 1.29 is 14.7 Å². The highest BCUT2D eigenvalue weighted by molar-refractivity contribution is 6.02. The molecule has 1 aliphatic carbocycles. The maximum atomic E-state index is 11.5. The van der Waals surface area contributed by atoms with Crippen LogP contribution in [0.4, 0.5) is 0 Å². The lowest BCUT2D eigenvalue weighted by atomic mass is 9.65. The number of ketones is 1. The summed E-state index contributed by atoms with van der Waals surface area (Å²) in [4.78, 5) is 22.8. The number of Topliss-reactive ketones (excluding diaryl/α,β-unsaturated/α-hetero) is 1. The summed E-state index contributed by atoms with van der Waals surface area (Å²) in [6.07, 6.45) is 0.207. The van der Waals surface area contributed by atoms with Crippen molar-refractivity contribution in [2.75, 3.05) is 0 Å². The first-order chi connectivity index (χ1) is 8.54. The Morgan fingerprint density at radius 3 is 2.56 bits per heavy atom. The first-order valence-corrected chi connectivity index (χ1v) is 5.85. The Morgan fingerprint density at radius 1 is 1.33 bits per heavy atom. The van der Waals surface area contributed by atoms with E-state index in [1.54, 1.807) is 0 Å². The highest BCUT2D eigenvalue weighted by atomic mass is 16.4. The molecule has 0 aliphatic heterocycles. The number of para-hydroxylation sites is 1. The van der Waals surface area contributed by atoms with E-state index in [0.717, 1.165) is 16.6 Å². The van der Waals surface area contributed by atoms with Crippen LogP contribution in [0.15, 0.2) is 30.3 Å². The van der Waals surface area contributed by atoms with Gasteiger partial charge in [0.25, 0.3) is 0 Å². The lowest BCUT2D eigenvalue weighted by molar-refractivity contribution is -0.153. The highest BCUT2D eigenvalue weighted by Gasteiger charge is 2.53. The van der Waals surface area contributed by atoms with Gasteiger partial charge in [0, 0.05) is 31.1 Å². The normalized spacial score (nSPS) is 17.7. The van der Waals surface area contributed by atoms with Gasteiger partial charge in [-0.2, -0.15) is 0 Å². The second kappa shape index (κ2) is 3.45. The van der Waals surface area contributed by atoms with Gasteiger partial charge >= 0.3 is 5.97 Å². The molecule has 0 radical (unpaired) electrons. The van der Waals surface area contributed by atoms with E-state index in [4.69, 9.17) is 0 Å². The Labute approximate surface area is 104 Å². The summed E-state index contributed by atoms with van der Waals surface area (Å²) in [6, 6.07) is 9.64. The van der Waals surface area contributed by atoms with Crippen molar-refractivity contribution in [3.63, 3.8) is 0 Å². The Morgan fingerprint density at radius 2 is 2.00 bits per heavy atom. The fourth-order valence-electron chi connectivity index (χ4n) is 2.81. The summed E-state index contributed by atoms with van der Waals surface area (Å²) in [5.41, 5.74) is 0.688. The number of fused-ring (bicyclic) bond motifs is 1. The maximum absolute atomic E-state index is 11.5. The molecular formula is C14H13NO3. The zero-order chi connectivity index (χ0) is 12.9. The van der Waals surface area contributed by atoms with Crippen molar-refractivity contribution in [3.8, 4) is 0 Å². The molecule has 1 heterocycles. The molecule has 0 saturated heterocycles. The number of benzene rings is 1. The standard InChI is InChI=1S/C14H13NO3/c1-15-11-5-3-2-4-9(11)6-12(15)14(13(17)18)7-10(16)8-14/h2-6H,7-8H2,1H3,(H,17,18). The van der Waals surface area contributed by atoms with Gasteiger partial charge in [0.05, 0.1) is 0 Å². The van der Waals surface area contributed by atoms with Crippen LogP contribution in [0.5, 0.6) is 0 Å². The van der Waals surface area contributed by atoms with Gasteiger partial charge in [-0.15, -0.1) is 0 Å². The third-order valence-corrected chi connectivity index (χ3v) is 3.85. The van der Waals surface area contributed by atoms with Crippen molar-refractivity contribution in [2.45, 2.75) is 18.3 Å². The summed E-state index contributed by atoms with van der Waals surface area (Å²) in [6.45, 7) is 0. The van der Waals surface area contributed by atoms with E-state index >= 15 is 0 Å². The number of carbonyl (C=O) groups is 2. The zero-order valence-corrected chi connectivity index (χ0v) is 10.0. The molecule has 18 heavy (non-hydrogen) atoms. The average Bonchev–Trinajstić information content (AvgIpc) is 2.63. The second-order valence-corrected chi connectivity index (χ2v) is 4.93. The lowest BCUT2D eigenvalue weighted by Crippen LogP contribution is -2.49. The molecule has 3 rings (SSSR count). The molecule has 0 amide bonds. The molecule has 0 spiro atoms. The summed E-state index contributed by atoms with van der Waals surface area (Å²) in [7, 11) is 1.85. The van der Waals surface area contributed by atoms with Gasteiger partial charge in [0.2, 0.25) is 0 Å². The Balaban J connectivity index is 2.22. The first-order valence-electron chi connectivity index (χ1n) is 5.85. The van der Waals surface area contributed by atoms with Gasteiger partial charge in [-0.05, 0) is 17.5 Å². The van der Waals surface area contributed by atoms with E-state index in [2.05, 4.69) is 0 Å². The minimum Gasteiger partial charge on any atom is -0.481 e. The number of carbonyl (C=O) groups excluding carboxylic acids is 1. The number of aliphatic carboxylic acids is 1. The molecule has 4 heteroatoms. The minimum absolute atomic E-state index is 0.0163. The Hall–Kier alpha value is -2.10. The van der Waals surface area contributed by atoms with Crippen LogP contribution in [0.3, 0.4) is 0 Å². The fraction of sp³-hybridized carbons (Fsp3) is 0.286. The van der Waals surface area contributed by atoms with Crippen LogP contribution in [-0.2, 0) is 22.1 Å². The van der Waals surface area contributed by atoms with Gasteiger partial charge in [-0.1, -0.05) is 18.2 Å². The number of carboxylic acid groups (broad SMARTS) is 1. The fourth-order valence-corrected chi connectivity index (χ4v) is 2.81. The third-order valence-electron chi connectivity index (χ3n) is 3.85. The SMILES string of the molecule is Cn1c(C2(C(=O)O)CC(=O)C2)cc2ccccc21. The number of nitrogens with zero attached hydrogens (tertiary/aromatic N) is 1. The highest BCUT2D eigenvalue weighted by Crippen LogP contribution is 2.43. The molecule has 0 atom stereocenters. The summed E-state index contributed by atoms with van der Waals surface area (Å²) in [5.74, 6) is -0.893. The first kappa shape index (κ1) is 11.0. The summed E-state index contributed by atoms with van der Waals surface area (Å²) in [5, 5.41) is 10.4. The van der Waals surface area contributed by atoms with Gasteiger partial charge in [0.1, 0.15) is 11.2 Å². The molecule has 0 unspecified atom stereocenters. The minimum atomic E-state index is -1.02. The molecule has 1 aromatic heterocycles. The van der Waals surface area contributed by atoms with E-state index in [9.17, 15) is 14.7 Å². The molecule has 0 bridgehead atoms. The van der Waals surface area contributed by atoms with Crippen LogP contribution in [-0.4, -0.2) is 21.4 Å². The number of rotatable bonds is 2. The third kappa shape index (κ3) is 1.26. The van der Waals surface area contributed by atoms with Gasteiger partial charge in [-0.25, -0.2) is 0 Å². The van der Waals surface area contributed by atoms with Gasteiger partial charge in [-0.3, -0.25) is 9.59 Å². The molecule has 1 fully saturated rings. The van der Waals surface area contributed by atoms with Crippen molar-refractivity contribution in [1.29, 1.82) is 0 Å². The molecule has 1 aromatic carbocycles. The number of carboxylic acids is 1. The van der Waals surface area contributed by atoms with Crippen molar-refractivity contribution in [1.82, 2.24) is 4.57 Å². The zero-order valence-electron chi connectivity index (χ0n) is 10.0. The summed E-state index contributed by atoms with van der Waals surface area (Å²) >= 11 is 0. The van der Waals surface area contributed by atoms with Crippen LogP contribution in [0.25, 0.3) is 10.9 Å². The van der Waals surface area contributed by atoms with E-state index < -0.39 is 11.4 Å². The molecule has 1 aliphatic rings. The van der Waals surface area contributed by atoms with Crippen LogP contribution in [0.2, 0.25) is 0 Å². The van der Waals surface area contributed by atoms with Crippen LogP contribution < -0.4 is 0 Å². The predicted octanol–water partition coefficient (Wildman–Crippen LogP) is 1.86. The van der Waals surface area contributed by atoms with E-state index in [-0.39, 0.29) is 18.6 Å². The maximum Gasteiger partial charge on any atom is 0.316 e. The van der Waals surface area contributed by atoms with Crippen molar-refractivity contribution in [2.24, 2.45) is 7.05 Å². The van der Waals surface area contributed by atoms with Crippen LogP contribution >= 0.6 is 0 Å². The Bertz CT molecular complexity index is 661. The smallest absolute Gasteiger partial charge is 0.316 e. The monoisotopic (exact) mass is 243 g/mol. The van der Waals surface area contributed by atoms with Crippen molar-refractivity contribution >= 4 is 22.7 Å². The van der Waals surface area contributed by atoms with Gasteiger partial charge < -0.3 is 9.67 Å². The number of aryl methyl sites for hydroxylation is 1. The van der Waals surface area contributed by atoms with Crippen molar-refractivity contribution in [3.05, 3.63) is 36.0 Å². The van der Waals surface area contributed by atoms with Crippen LogP contribution in [0, 0.1) is 0 Å². The number of hydrogen-bond acceptors (Lipinski definition) is 2. The van der Waals surface area contributed by atoms with Crippen LogP contribution in [0.1, 0.15) is 18.5 Å². The number of hydrogen-bond donors (Lipinski definition) is 1. The largest absolute Gasteiger partial charge is 0.481 e. The molecule has 2 aromatic rings. The topological polar surface area (TPSA) is 59.3 Å². The quantitative estimate of drug-likeness (QED) is 0.875. The second-order valence-electron chi connectivity index (χ2n) is 4.93. The van der Waals surface area contributed by atoms with E-state index in [0.29, 0.717) is 0 Å². The van der Waals surface area contributed by atoms with E-state index in [1.807, 2.05) is 41.9 Å². The van der Waals surface area contributed by atoms with Gasteiger partial charge in [0.15, 0.2) is 0 Å².